The molecule has 0 aromatic heterocycles. The standard InChI is InChI=1S/C17H27NOSi/c1-18-14-7-8-15(18)12-17(19,11-14)13-5-9-16(10-6-13)20(2,3)4/h5-6,9-10,14-15,19H,7-8,11-12H2,1-4H3. The summed E-state index contributed by atoms with van der Waals surface area (Å²) in [6.45, 7) is 7.10. The molecule has 1 aromatic rings. The van der Waals surface area contributed by atoms with Gasteiger partial charge in [-0.05, 0) is 38.3 Å². The van der Waals surface area contributed by atoms with Gasteiger partial charge in [0, 0.05) is 12.1 Å². The van der Waals surface area contributed by atoms with Crippen LogP contribution in [0, 0.1) is 0 Å². The number of aliphatic hydroxyl groups is 1. The maximum Gasteiger partial charge on any atom is 0.0926 e. The summed E-state index contributed by atoms with van der Waals surface area (Å²) in [6.07, 6.45) is 4.28. The Morgan fingerprint density at radius 2 is 1.55 bits per heavy atom. The van der Waals surface area contributed by atoms with Crippen molar-refractivity contribution in [1.82, 2.24) is 4.90 Å². The molecule has 0 amide bonds. The second-order valence-electron chi connectivity index (χ2n) is 7.82. The third-order valence-electron chi connectivity index (χ3n) is 5.42. The van der Waals surface area contributed by atoms with Crippen molar-refractivity contribution >= 4 is 13.3 Å². The van der Waals surface area contributed by atoms with Gasteiger partial charge in [0.2, 0.25) is 0 Å². The fourth-order valence-corrected chi connectivity index (χ4v) is 5.13. The van der Waals surface area contributed by atoms with Crippen molar-refractivity contribution < 1.29 is 5.11 Å². The Kier molecular flexibility index (Phi) is 3.35. The predicted molar refractivity (Wildman–Crippen MR) is 87.1 cm³/mol. The molecule has 2 fully saturated rings. The zero-order valence-corrected chi connectivity index (χ0v) is 14.2. The normalized spacial score (nSPS) is 34.5. The zero-order valence-electron chi connectivity index (χ0n) is 13.2. The van der Waals surface area contributed by atoms with E-state index in [2.05, 4.69) is 55.9 Å². The zero-order chi connectivity index (χ0) is 14.5. The number of piperidine rings is 1. The molecule has 2 saturated heterocycles. The highest BCUT2D eigenvalue weighted by Crippen LogP contribution is 2.44. The Morgan fingerprint density at radius 3 is 2.00 bits per heavy atom. The van der Waals surface area contributed by atoms with Crippen molar-refractivity contribution in [3.8, 4) is 0 Å². The van der Waals surface area contributed by atoms with Gasteiger partial charge in [-0.2, -0.15) is 0 Å². The van der Waals surface area contributed by atoms with Crippen molar-refractivity contribution in [3.63, 3.8) is 0 Å². The average Bonchev–Trinajstić information content (AvgIpc) is 2.62. The van der Waals surface area contributed by atoms with Crippen LogP contribution in [0.15, 0.2) is 24.3 Å². The molecule has 110 valence electrons. The molecule has 1 aromatic carbocycles. The van der Waals surface area contributed by atoms with Gasteiger partial charge in [0.05, 0.1) is 13.7 Å². The lowest BCUT2D eigenvalue weighted by atomic mass is 9.81. The first kappa shape index (κ1) is 14.3. The minimum Gasteiger partial charge on any atom is -0.385 e. The first-order chi connectivity index (χ1) is 9.29. The number of benzene rings is 1. The SMILES string of the molecule is CN1C2CCC1CC(O)(c1ccc([Si](C)(C)C)cc1)C2. The number of fused-ring (bicyclic) bond motifs is 2. The molecule has 0 spiro atoms. The van der Waals surface area contributed by atoms with Gasteiger partial charge in [-0.1, -0.05) is 49.1 Å². The third kappa shape index (κ3) is 2.36. The van der Waals surface area contributed by atoms with Crippen molar-refractivity contribution in [3.05, 3.63) is 29.8 Å². The highest BCUT2D eigenvalue weighted by molar-refractivity contribution is 6.88. The Morgan fingerprint density at radius 1 is 1.05 bits per heavy atom. The molecule has 1 N–H and O–H groups in total. The lowest BCUT2D eigenvalue weighted by Gasteiger charge is -2.42. The van der Waals surface area contributed by atoms with Gasteiger partial charge in [0.25, 0.3) is 0 Å². The third-order valence-corrected chi connectivity index (χ3v) is 7.49. The molecule has 0 radical (unpaired) electrons. The average molecular weight is 289 g/mol. The van der Waals surface area contributed by atoms with Crippen LogP contribution in [0.2, 0.25) is 19.6 Å². The highest BCUT2D eigenvalue weighted by Gasteiger charge is 2.46. The Hall–Kier alpha value is -0.643. The largest absolute Gasteiger partial charge is 0.385 e. The second-order valence-corrected chi connectivity index (χ2v) is 12.9. The van der Waals surface area contributed by atoms with Crippen molar-refractivity contribution in [2.75, 3.05) is 7.05 Å². The topological polar surface area (TPSA) is 23.5 Å². The summed E-state index contributed by atoms with van der Waals surface area (Å²) in [6, 6.07) is 9.99. The fourth-order valence-electron chi connectivity index (χ4n) is 3.96. The second kappa shape index (κ2) is 4.69. The summed E-state index contributed by atoms with van der Waals surface area (Å²) < 4.78 is 0. The van der Waals surface area contributed by atoms with Crippen LogP contribution in [0.1, 0.15) is 31.2 Å². The first-order valence-electron chi connectivity index (χ1n) is 7.85. The van der Waals surface area contributed by atoms with E-state index < -0.39 is 13.7 Å². The van der Waals surface area contributed by atoms with Gasteiger partial charge in [0.15, 0.2) is 0 Å². The van der Waals surface area contributed by atoms with Crippen LogP contribution in [0.3, 0.4) is 0 Å². The van der Waals surface area contributed by atoms with Crippen LogP contribution in [-0.4, -0.2) is 37.2 Å². The summed E-state index contributed by atoms with van der Waals surface area (Å²) in [7, 11) is 0.973. The van der Waals surface area contributed by atoms with Crippen LogP contribution in [-0.2, 0) is 5.60 Å². The predicted octanol–water partition coefficient (Wildman–Crippen LogP) is 2.68. The molecule has 2 heterocycles. The van der Waals surface area contributed by atoms with Gasteiger partial charge in [-0.25, -0.2) is 0 Å². The van der Waals surface area contributed by atoms with Gasteiger partial charge in [-0.15, -0.1) is 0 Å². The summed E-state index contributed by atoms with van der Waals surface area (Å²) in [5.41, 5.74) is 0.528. The van der Waals surface area contributed by atoms with E-state index in [0.717, 1.165) is 18.4 Å². The van der Waals surface area contributed by atoms with E-state index in [0.29, 0.717) is 12.1 Å². The van der Waals surface area contributed by atoms with Gasteiger partial charge >= 0.3 is 0 Å². The van der Waals surface area contributed by atoms with Gasteiger partial charge in [-0.3, -0.25) is 0 Å². The van der Waals surface area contributed by atoms with Crippen LogP contribution in [0.5, 0.6) is 0 Å². The molecule has 20 heavy (non-hydrogen) atoms. The lowest BCUT2D eigenvalue weighted by Crippen LogP contribution is -2.47. The van der Waals surface area contributed by atoms with Crippen molar-refractivity contribution in [2.45, 2.75) is 63.0 Å². The maximum atomic E-state index is 11.1. The monoisotopic (exact) mass is 289 g/mol. The molecule has 2 nitrogen and oxygen atoms in total. The van der Waals surface area contributed by atoms with E-state index in [4.69, 9.17) is 0 Å². The van der Waals surface area contributed by atoms with Crippen molar-refractivity contribution in [1.29, 1.82) is 0 Å². The quantitative estimate of drug-likeness (QED) is 0.846. The van der Waals surface area contributed by atoms with E-state index in [1.54, 1.807) is 0 Å². The first-order valence-corrected chi connectivity index (χ1v) is 11.3. The van der Waals surface area contributed by atoms with Crippen molar-refractivity contribution in [2.24, 2.45) is 0 Å². The number of nitrogens with zero attached hydrogens (tertiary/aromatic N) is 1. The van der Waals surface area contributed by atoms with E-state index in [9.17, 15) is 5.11 Å². The molecule has 0 aliphatic carbocycles. The lowest BCUT2D eigenvalue weighted by molar-refractivity contribution is -0.0493. The highest BCUT2D eigenvalue weighted by atomic mass is 28.3. The van der Waals surface area contributed by atoms with Crippen LogP contribution in [0.4, 0.5) is 0 Å². The van der Waals surface area contributed by atoms with Crippen LogP contribution in [0.25, 0.3) is 0 Å². The number of rotatable bonds is 2. The van der Waals surface area contributed by atoms with E-state index in [1.165, 1.54) is 18.0 Å². The Labute approximate surface area is 123 Å². The van der Waals surface area contributed by atoms with Crippen LogP contribution >= 0.6 is 0 Å². The molecule has 2 aliphatic rings. The molecule has 3 heteroatoms. The Bertz CT molecular complexity index is 477. The minimum atomic E-state index is -1.25. The van der Waals surface area contributed by atoms with E-state index in [1.807, 2.05) is 0 Å². The molecule has 2 bridgehead atoms. The molecular formula is C17H27NOSi. The van der Waals surface area contributed by atoms with Crippen LogP contribution < -0.4 is 5.19 Å². The minimum absolute atomic E-state index is 0.565. The molecule has 0 saturated carbocycles. The maximum absolute atomic E-state index is 11.1. The summed E-state index contributed by atoms with van der Waals surface area (Å²) in [5, 5.41) is 12.6. The van der Waals surface area contributed by atoms with Gasteiger partial charge < -0.3 is 10.0 Å². The van der Waals surface area contributed by atoms with E-state index in [-0.39, 0.29) is 0 Å². The molecule has 2 aliphatic heterocycles. The summed E-state index contributed by atoms with van der Waals surface area (Å²) in [4.78, 5) is 2.48. The number of hydrogen-bond donors (Lipinski definition) is 1. The smallest absolute Gasteiger partial charge is 0.0926 e. The summed E-state index contributed by atoms with van der Waals surface area (Å²) >= 11 is 0. The molecular weight excluding hydrogens is 262 g/mol. The summed E-state index contributed by atoms with van der Waals surface area (Å²) in [5.74, 6) is 0. The van der Waals surface area contributed by atoms with E-state index >= 15 is 0 Å². The molecule has 2 unspecified atom stereocenters. The molecule has 3 rings (SSSR count). The van der Waals surface area contributed by atoms with Gasteiger partial charge in [0.1, 0.15) is 0 Å². The Balaban J connectivity index is 1.86. The number of hydrogen-bond acceptors (Lipinski definition) is 2. The fraction of sp³-hybridized carbons (Fsp3) is 0.647. The molecule has 2 atom stereocenters.